The molecule has 1 saturated heterocycles. The molecule has 3 heterocycles. The third kappa shape index (κ3) is 3.91. The smallest absolute Gasteiger partial charge is 0.316 e. The van der Waals surface area contributed by atoms with Gasteiger partial charge in [-0.2, -0.15) is 0 Å². The number of nitrogens with zero attached hydrogens (tertiary/aromatic N) is 3. The quantitative estimate of drug-likeness (QED) is 0.491. The zero-order chi connectivity index (χ0) is 20.5. The summed E-state index contributed by atoms with van der Waals surface area (Å²) in [5.41, 5.74) is 10.4. The van der Waals surface area contributed by atoms with Gasteiger partial charge in [-0.1, -0.05) is 36.0 Å². The largest absolute Gasteiger partial charge is 0.351 e. The average molecular weight is 420 g/mol. The van der Waals surface area contributed by atoms with Crippen LogP contribution in [0.2, 0.25) is 0 Å². The van der Waals surface area contributed by atoms with Gasteiger partial charge >= 0.3 is 6.03 Å². The Labute approximate surface area is 179 Å². The van der Waals surface area contributed by atoms with Crippen LogP contribution in [-0.2, 0) is 6.42 Å². The monoisotopic (exact) mass is 419 g/mol. The number of imidazole rings is 1. The highest BCUT2D eigenvalue weighted by Gasteiger charge is 2.13. The minimum atomic E-state index is -0.563. The Balaban J connectivity index is 1.35. The summed E-state index contributed by atoms with van der Waals surface area (Å²) in [7, 11) is 0. The van der Waals surface area contributed by atoms with Crippen LogP contribution >= 0.6 is 11.3 Å². The van der Waals surface area contributed by atoms with Gasteiger partial charge in [-0.15, -0.1) is 0 Å². The molecule has 0 unspecified atom stereocenters. The van der Waals surface area contributed by atoms with Crippen molar-refractivity contribution in [1.82, 2.24) is 14.3 Å². The number of anilines is 1. The van der Waals surface area contributed by atoms with Gasteiger partial charge < -0.3 is 16.0 Å². The summed E-state index contributed by atoms with van der Waals surface area (Å²) < 4.78 is 3.44. The number of carbonyl (C=O) groups excluding carboxylic acids is 1. The molecule has 30 heavy (non-hydrogen) atoms. The van der Waals surface area contributed by atoms with Crippen molar-refractivity contribution in [3.05, 3.63) is 54.2 Å². The minimum Gasteiger partial charge on any atom is -0.351 e. The number of amides is 2. The molecule has 0 bridgehead atoms. The van der Waals surface area contributed by atoms with E-state index in [2.05, 4.69) is 39.0 Å². The molecule has 3 N–H and O–H groups in total. The molecule has 0 radical (unpaired) electrons. The van der Waals surface area contributed by atoms with Gasteiger partial charge in [0, 0.05) is 24.0 Å². The van der Waals surface area contributed by atoms with Gasteiger partial charge in [0.25, 0.3) is 0 Å². The zero-order valence-corrected chi connectivity index (χ0v) is 17.6. The summed E-state index contributed by atoms with van der Waals surface area (Å²) in [5, 5.41) is 2.58. The van der Waals surface area contributed by atoms with Crippen LogP contribution in [0.25, 0.3) is 26.4 Å². The number of likely N-dealkylation sites (tertiary alicyclic amines) is 1. The first-order valence-electron chi connectivity index (χ1n) is 10.5. The standard InChI is InChI=1S/C23H25N5OS/c24-22(29)25-18-7-5-17(6-8-18)19-15-28-20-9-4-16(14-21(20)30-23(28)26-19)10-13-27-11-2-1-3-12-27/h4-9,14-15H,1-3,10-13H2,(H3,24,25,29). The number of hydrogen-bond donors (Lipinski definition) is 2. The first kappa shape index (κ1) is 19.1. The van der Waals surface area contributed by atoms with Crippen LogP contribution < -0.4 is 11.1 Å². The summed E-state index contributed by atoms with van der Waals surface area (Å²) in [6, 6.07) is 13.8. The van der Waals surface area contributed by atoms with Crippen molar-refractivity contribution in [2.75, 3.05) is 25.0 Å². The van der Waals surface area contributed by atoms with Gasteiger partial charge in [0.2, 0.25) is 0 Å². The van der Waals surface area contributed by atoms with E-state index in [-0.39, 0.29) is 0 Å². The molecule has 2 aromatic heterocycles. The van der Waals surface area contributed by atoms with Crippen molar-refractivity contribution >= 4 is 38.2 Å². The third-order valence-electron chi connectivity index (χ3n) is 5.77. The zero-order valence-electron chi connectivity index (χ0n) is 16.8. The summed E-state index contributed by atoms with van der Waals surface area (Å²) in [5.74, 6) is 0. The van der Waals surface area contributed by atoms with Crippen LogP contribution in [0, 0.1) is 0 Å². The second kappa shape index (κ2) is 8.08. The molecular formula is C23H25N5OS. The van der Waals surface area contributed by atoms with Gasteiger partial charge in [0.05, 0.1) is 15.9 Å². The van der Waals surface area contributed by atoms with Crippen LogP contribution in [0.5, 0.6) is 0 Å². The number of hydrogen-bond acceptors (Lipinski definition) is 4. The van der Waals surface area contributed by atoms with E-state index in [4.69, 9.17) is 10.7 Å². The fourth-order valence-corrected chi connectivity index (χ4v) is 5.25. The highest BCUT2D eigenvalue weighted by atomic mass is 32.1. The average Bonchev–Trinajstić information content (AvgIpc) is 3.31. The van der Waals surface area contributed by atoms with Gasteiger partial charge in [0.15, 0.2) is 4.96 Å². The molecule has 0 saturated carbocycles. The number of fused-ring (bicyclic) bond motifs is 3. The molecule has 0 spiro atoms. The second-order valence-electron chi connectivity index (χ2n) is 7.90. The van der Waals surface area contributed by atoms with Crippen molar-refractivity contribution < 1.29 is 4.79 Å². The lowest BCUT2D eigenvalue weighted by atomic mass is 10.1. The van der Waals surface area contributed by atoms with Crippen LogP contribution in [-0.4, -0.2) is 39.9 Å². The summed E-state index contributed by atoms with van der Waals surface area (Å²) >= 11 is 1.73. The normalized spacial score (nSPS) is 15.1. The highest BCUT2D eigenvalue weighted by Crippen LogP contribution is 2.30. The maximum atomic E-state index is 11.0. The molecule has 1 aliphatic heterocycles. The molecular weight excluding hydrogens is 394 g/mol. The molecule has 154 valence electrons. The Kier molecular flexibility index (Phi) is 5.14. The molecule has 6 nitrogen and oxygen atoms in total. The molecule has 2 amide bonds. The Bertz CT molecular complexity index is 1190. The number of primary amides is 1. The van der Waals surface area contributed by atoms with E-state index < -0.39 is 6.03 Å². The van der Waals surface area contributed by atoms with Crippen LogP contribution in [0.15, 0.2) is 48.7 Å². The maximum Gasteiger partial charge on any atom is 0.316 e. The van der Waals surface area contributed by atoms with Gasteiger partial charge in [-0.25, -0.2) is 9.78 Å². The van der Waals surface area contributed by atoms with Crippen molar-refractivity contribution in [1.29, 1.82) is 0 Å². The molecule has 4 aromatic rings. The first-order valence-corrected chi connectivity index (χ1v) is 11.3. The Morgan fingerprint density at radius 2 is 1.90 bits per heavy atom. The fourth-order valence-electron chi connectivity index (χ4n) is 4.18. The number of carbonyl (C=O) groups is 1. The van der Waals surface area contributed by atoms with E-state index in [1.165, 1.54) is 48.1 Å². The van der Waals surface area contributed by atoms with Crippen molar-refractivity contribution in [2.45, 2.75) is 25.7 Å². The molecule has 2 aromatic carbocycles. The molecule has 0 aliphatic carbocycles. The number of urea groups is 1. The molecule has 1 fully saturated rings. The van der Waals surface area contributed by atoms with Crippen LogP contribution in [0.1, 0.15) is 24.8 Å². The third-order valence-corrected chi connectivity index (χ3v) is 6.79. The van der Waals surface area contributed by atoms with Gasteiger partial charge in [-0.3, -0.25) is 4.40 Å². The Morgan fingerprint density at radius 3 is 2.67 bits per heavy atom. The summed E-state index contributed by atoms with van der Waals surface area (Å²) in [4.78, 5) is 19.4. The molecule has 7 heteroatoms. The summed E-state index contributed by atoms with van der Waals surface area (Å²) in [6.45, 7) is 3.65. The van der Waals surface area contributed by atoms with Gasteiger partial charge in [-0.05, 0) is 62.2 Å². The van der Waals surface area contributed by atoms with E-state index in [1.54, 1.807) is 11.3 Å². The fraction of sp³-hybridized carbons (Fsp3) is 0.304. The van der Waals surface area contributed by atoms with Crippen LogP contribution in [0.4, 0.5) is 10.5 Å². The van der Waals surface area contributed by atoms with E-state index in [0.717, 1.165) is 29.2 Å². The Morgan fingerprint density at radius 1 is 1.10 bits per heavy atom. The number of aromatic nitrogens is 2. The minimum absolute atomic E-state index is 0.563. The Hall–Kier alpha value is -2.90. The lowest BCUT2D eigenvalue weighted by Crippen LogP contribution is -2.31. The number of thiazole rings is 1. The lowest BCUT2D eigenvalue weighted by Gasteiger charge is -2.26. The molecule has 0 atom stereocenters. The van der Waals surface area contributed by atoms with Crippen molar-refractivity contribution in [3.63, 3.8) is 0 Å². The topological polar surface area (TPSA) is 75.7 Å². The predicted octanol–water partition coefficient (Wildman–Crippen LogP) is 4.74. The van der Waals surface area contributed by atoms with E-state index in [9.17, 15) is 4.79 Å². The number of rotatable bonds is 5. The summed E-state index contributed by atoms with van der Waals surface area (Å²) in [6.07, 6.45) is 7.25. The number of piperidine rings is 1. The van der Waals surface area contributed by atoms with E-state index >= 15 is 0 Å². The SMILES string of the molecule is NC(=O)Nc1ccc(-c2cn3c(n2)sc2cc(CCN4CCCCC4)ccc23)cc1. The predicted molar refractivity (Wildman–Crippen MR) is 123 cm³/mol. The van der Waals surface area contributed by atoms with E-state index in [0.29, 0.717) is 5.69 Å². The second-order valence-corrected chi connectivity index (χ2v) is 8.91. The van der Waals surface area contributed by atoms with Crippen LogP contribution in [0.3, 0.4) is 0 Å². The number of benzene rings is 2. The maximum absolute atomic E-state index is 11.0. The van der Waals surface area contributed by atoms with Crippen molar-refractivity contribution in [3.8, 4) is 11.3 Å². The molecule has 1 aliphatic rings. The molecule has 5 rings (SSSR count). The van der Waals surface area contributed by atoms with Crippen molar-refractivity contribution in [2.24, 2.45) is 5.73 Å². The first-order chi connectivity index (χ1) is 14.7. The number of nitrogens with one attached hydrogen (secondary N) is 1. The highest BCUT2D eigenvalue weighted by molar-refractivity contribution is 7.23. The lowest BCUT2D eigenvalue weighted by molar-refractivity contribution is 0.231. The van der Waals surface area contributed by atoms with E-state index in [1.807, 2.05) is 24.3 Å². The number of nitrogens with two attached hydrogens (primary N) is 1. The van der Waals surface area contributed by atoms with Gasteiger partial charge in [0.1, 0.15) is 0 Å².